The van der Waals surface area contributed by atoms with Crippen LogP contribution in [0.1, 0.15) is 70.9 Å². The highest BCUT2D eigenvalue weighted by molar-refractivity contribution is 5.18. The molecule has 0 saturated carbocycles. The summed E-state index contributed by atoms with van der Waals surface area (Å²) >= 11 is 0. The summed E-state index contributed by atoms with van der Waals surface area (Å²) in [6, 6.07) is 4.68. The molecule has 2 aliphatic rings. The Morgan fingerprint density at radius 2 is 2.12 bits per heavy atom. The molecule has 0 bridgehead atoms. The van der Waals surface area contributed by atoms with Gasteiger partial charge >= 0.3 is 0 Å². The van der Waals surface area contributed by atoms with Crippen molar-refractivity contribution in [2.75, 3.05) is 13.1 Å². The zero-order chi connectivity index (χ0) is 17.0. The zero-order valence-electron chi connectivity index (χ0n) is 15.3. The molecule has 0 unspecified atom stereocenters. The normalized spacial score (nSPS) is 30.4. The Bertz CT molecular complexity index is 601. The quantitative estimate of drug-likeness (QED) is 0.756. The van der Waals surface area contributed by atoms with Crippen LogP contribution in [0.15, 0.2) is 24.5 Å². The predicted octanol–water partition coefficient (Wildman–Crippen LogP) is 4.35. The Kier molecular flexibility index (Phi) is 5.27. The highest BCUT2D eigenvalue weighted by atomic mass is 16.5. The Morgan fingerprint density at radius 1 is 1.25 bits per heavy atom. The summed E-state index contributed by atoms with van der Waals surface area (Å²) in [6.07, 6.45) is 11.0. The van der Waals surface area contributed by atoms with Crippen molar-refractivity contribution in [1.29, 1.82) is 0 Å². The molecule has 24 heavy (non-hydrogen) atoms. The van der Waals surface area contributed by atoms with Gasteiger partial charge in [-0.25, -0.2) is 0 Å². The van der Waals surface area contributed by atoms with E-state index >= 15 is 0 Å². The first-order valence-electron chi connectivity index (χ1n) is 9.32. The fourth-order valence-electron chi connectivity index (χ4n) is 4.11. The Balaban J connectivity index is 1.67. The van der Waals surface area contributed by atoms with Gasteiger partial charge in [-0.2, -0.15) is 0 Å². The average Bonchev–Trinajstić information content (AvgIpc) is 2.55. The lowest BCUT2D eigenvalue weighted by Gasteiger charge is -2.40. The fourth-order valence-corrected chi connectivity index (χ4v) is 4.11. The average molecular weight is 326 g/mol. The van der Waals surface area contributed by atoms with Gasteiger partial charge in [0.05, 0.1) is 12.1 Å². The molecular formula is C21H30N2O. The van der Waals surface area contributed by atoms with E-state index in [0.29, 0.717) is 6.04 Å². The number of nitrogens with zero attached hydrogens (tertiary/aromatic N) is 2. The van der Waals surface area contributed by atoms with E-state index in [1.807, 2.05) is 18.5 Å². The third kappa shape index (κ3) is 4.37. The first-order valence-corrected chi connectivity index (χ1v) is 9.32. The van der Waals surface area contributed by atoms with Crippen LogP contribution in [0.2, 0.25) is 0 Å². The maximum absolute atomic E-state index is 6.26. The van der Waals surface area contributed by atoms with Crippen LogP contribution in [-0.2, 0) is 4.74 Å². The summed E-state index contributed by atoms with van der Waals surface area (Å²) < 4.78 is 6.26. The maximum atomic E-state index is 6.26. The van der Waals surface area contributed by atoms with E-state index in [9.17, 15) is 0 Å². The van der Waals surface area contributed by atoms with Gasteiger partial charge in [0.1, 0.15) is 5.60 Å². The van der Waals surface area contributed by atoms with Crippen LogP contribution >= 0.6 is 0 Å². The molecule has 0 radical (unpaired) electrons. The first kappa shape index (κ1) is 17.5. The number of hydrogen-bond acceptors (Lipinski definition) is 3. The van der Waals surface area contributed by atoms with Gasteiger partial charge in [0.15, 0.2) is 0 Å². The van der Waals surface area contributed by atoms with Crippen molar-refractivity contribution in [3.63, 3.8) is 0 Å². The minimum Gasteiger partial charge on any atom is -0.357 e. The number of likely N-dealkylation sites (tertiary alicyclic amines) is 1. The van der Waals surface area contributed by atoms with Crippen molar-refractivity contribution in [3.05, 3.63) is 30.1 Å². The molecule has 2 saturated heterocycles. The third-order valence-electron chi connectivity index (χ3n) is 5.25. The van der Waals surface area contributed by atoms with E-state index in [4.69, 9.17) is 4.74 Å². The molecule has 0 N–H and O–H groups in total. The molecule has 3 rings (SSSR count). The summed E-state index contributed by atoms with van der Waals surface area (Å²) in [7, 11) is 0. The summed E-state index contributed by atoms with van der Waals surface area (Å²) in [4.78, 5) is 6.80. The number of ether oxygens (including phenoxy) is 1. The molecule has 130 valence electrons. The van der Waals surface area contributed by atoms with Crippen LogP contribution in [0.4, 0.5) is 0 Å². The second kappa shape index (κ2) is 7.25. The van der Waals surface area contributed by atoms with Crippen molar-refractivity contribution in [2.24, 2.45) is 0 Å². The van der Waals surface area contributed by atoms with E-state index in [0.717, 1.165) is 25.9 Å². The number of pyridine rings is 1. The van der Waals surface area contributed by atoms with Gasteiger partial charge in [0, 0.05) is 18.4 Å². The minimum absolute atomic E-state index is 0.0505. The van der Waals surface area contributed by atoms with Crippen LogP contribution in [0, 0.1) is 11.8 Å². The van der Waals surface area contributed by atoms with Crippen LogP contribution in [-0.4, -0.2) is 34.2 Å². The lowest BCUT2D eigenvalue weighted by Crippen LogP contribution is -2.42. The van der Waals surface area contributed by atoms with Crippen LogP contribution in [0.5, 0.6) is 0 Å². The van der Waals surface area contributed by atoms with Gasteiger partial charge in [-0.05, 0) is 71.0 Å². The van der Waals surface area contributed by atoms with Crippen molar-refractivity contribution in [1.82, 2.24) is 9.88 Å². The topological polar surface area (TPSA) is 25.4 Å². The van der Waals surface area contributed by atoms with E-state index < -0.39 is 0 Å². The van der Waals surface area contributed by atoms with Crippen molar-refractivity contribution < 1.29 is 4.74 Å². The SMILES string of the molecule is CC1(C)CCC[C@@](C)(C#CCN2CCCC[C@H]2c2cccnc2)O1. The summed E-state index contributed by atoms with van der Waals surface area (Å²) in [5.74, 6) is 6.88. The summed E-state index contributed by atoms with van der Waals surface area (Å²) in [5, 5.41) is 0. The fraction of sp³-hybridized carbons (Fsp3) is 0.667. The third-order valence-corrected chi connectivity index (χ3v) is 5.25. The number of hydrogen-bond donors (Lipinski definition) is 0. The van der Waals surface area contributed by atoms with Crippen molar-refractivity contribution in [2.45, 2.75) is 76.5 Å². The molecule has 0 aliphatic carbocycles. The van der Waals surface area contributed by atoms with Gasteiger partial charge in [-0.15, -0.1) is 0 Å². The van der Waals surface area contributed by atoms with E-state index in [-0.39, 0.29) is 11.2 Å². The Hall–Kier alpha value is -1.37. The number of rotatable bonds is 2. The van der Waals surface area contributed by atoms with Crippen LogP contribution < -0.4 is 0 Å². The molecule has 0 spiro atoms. The lowest BCUT2D eigenvalue weighted by atomic mass is 9.88. The monoisotopic (exact) mass is 326 g/mol. The Labute approximate surface area is 146 Å². The van der Waals surface area contributed by atoms with E-state index in [2.05, 4.69) is 48.6 Å². The molecule has 3 nitrogen and oxygen atoms in total. The predicted molar refractivity (Wildman–Crippen MR) is 97.6 cm³/mol. The van der Waals surface area contributed by atoms with Crippen molar-refractivity contribution in [3.8, 4) is 11.8 Å². The maximum Gasteiger partial charge on any atom is 0.126 e. The second-order valence-corrected chi connectivity index (χ2v) is 8.02. The molecular weight excluding hydrogens is 296 g/mol. The van der Waals surface area contributed by atoms with Crippen LogP contribution in [0.25, 0.3) is 0 Å². The smallest absolute Gasteiger partial charge is 0.126 e. The summed E-state index contributed by atoms with van der Waals surface area (Å²) in [6.45, 7) is 8.44. The molecule has 3 heterocycles. The van der Waals surface area contributed by atoms with Crippen LogP contribution in [0.3, 0.4) is 0 Å². The highest BCUT2D eigenvalue weighted by Crippen LogP contribution is 2.34. The molecule has 3 heteroatoms. The number of aromatic nitrogens is 1. The molecule has 0 aromatic carbocycles. The molecule has 2 atom stereocenters. The van der Waals surface area contributed by atoms with Gasteiger partial charge < -0.3 is 4.74 Å². The minimum atomic E-state index is -0.290. The first-order chi connectivity index (χ1) is 11.5. The highest BCUT2D eigenvalue weighted by Gasteiger charge is 2.36. The molecule has 0 amide bonds. The lowest BCUT2D eigenvalue weighted by molar-refractivity contribution is -0.135. The Morgan fingerprint density at radius 3 is 2.88 bits per heavy atom. The van der Waals surface area contributed by atoms with Gasteiger partial charge in [0.2, 0.25) is 0 Å². The molecule has 1 aromatic rings. The molecule has 2 aliphatic heterocycles. The largest absolute Gasteiger partial charge is 0.357 e. The molecule has 1 aromatic heterocycles. The summed E-state index contributed by atoms with van der Waals surface area (Å²) in [5.41, 5.74) is 0.979. The van der Waals surface area contributed by atoms with Gasteiger partial charge in [-0.1, -0.05) is 24.3 Å². The zero-order valence-corrected chi connectivity index (χ0v) is 15.3. The number of piperidine rings is 1. The van der Waals surface area contributed by atoms with Crippen molar-refractivity contribution >= 4 is 0 Å². The second-order valence-electron chi connectivity index (χ2n) is 8.02. The van der Waals surface area contributed by atoms with Gasteiger partial charge in [0.25, 0.3) is 0 Å². The van der Waals surface area contributed by atoms with E-state index in [1.165, 1.54) is 31.2 Å². The standard InChI is InChI=1S/C21H30N2O/c1-20(2)11-7-12-21(3,24-20)13-8-16-23-15-5-4-10-19(23)18-9-6-14-22-17-18/h6,9,14,17,19H,4-5,7,10-12,15-16H2,1-3H3/t19-,21-/m0/s1. The van der Waals surface area contributed by atoms with Gasteiger partial charge in [-0.3, -0.25) is 9.88 Å². The molecule has 2 fully saturated rings. The van der Waals surface area contributed by atoms with E-state index in [1.54, 1.807) is 0 Å².